The number of hydrogen-bond donors (Lipinski definition) is 1. The molecule has 2 rings (SSSR count). The molecule has 0 radical (unpaired) electrons. The Bertz CT molecular complexity index is 454. The quantitative estimate of drug-likeness (QED) is 0.899. The van der Waals surface area contributed by atoms with E-state index in [4.69, 9.17) is 0 Å². The SMILES string of the molecule is CC(C)CN1CCC(=O)NC1=NCc1ccccc1. The molecule has 1 N–H and O–H groups in total. The summed E-state index contributed by atoms with van der Waals surface area (Å²) in [7, 11) is 0. The van der Waals surface area contributed by atoms with Crippen molar-refractivity contribution in [1.29, 1.82) is 0 Å². The van der Waals surface area contributed by atoms with E-state index >= 15 is 0 Å². The van der Waals surface area contributed by atoms with E-state index in [-0.39, 0.29) is 5.91 Å². The van der Waals surface area contributed by atoms with E-state index < -0.39 is 0 Å². The third kappa shape index (κ3) is 4.09. The number of nitrogens with zero attached hydrogens (tertiary/aromatic N) is 2. The lowest BCUT2D eigenvalue weighted by Gasteiger charge is -2.31. The molecule has 1 aliphatic heterocycles. The molecule has 1 fully saturated rings. The van der Waals surface area contributed by atoms with Crippen LogP contribution in [0.4, 0.5) is 0 Å². The molecule has 1 aromatic carbocycles. The average molecular weight is 259 g/mol. The van der Waals surface area contributed by atoms with Crippen molar-refractivity contribution in [3.63, 3.8) is 0 Å². The molecular formula is C15H21N3O. The first-order chi connectivity index (χ1) is 9.15. The summed E-state index contributed by atoms with van der Waals surface area (Å²) in [6, 6.07) is 10.1. The summed E-state index contributed by atoms with van der Waals surface area (Å²) in [6.07, 6.45) is 0.553. The van der Waals surface area contributed by atoms with Crippen molar-refractivity contribution < 1.29 is 4.79 Å². The number of nitrogens with one attached hydrogen (secondary N) is 1. The molecule has 0 aromatic heterocycles. The van der Waals surface area contributed by atoms with Gasteiger partial charge in [0.2, 0.25) is 11.9 Å². The summed E-state index contributed by atoms with van der Waals surface area (Å²) in [6.45, 7) is 6.63. The highest BCUT2D eigenvalue weighted by Crippen LogP contribution is 2.07. The molecule has 0 spiro atoms. The smallest absolute Gasteiger partial charge is 0.228 e. The van der Waals surface area contributed by atoms with Gasteiger partial charge in [-0.2, -0.15) is 0 Å². The minimum absolute atomic E-state index is 0.0619. The molecule has 1 heterocycles. The number of amides is 1. The number of carbonyl (C=O) groups is 1. The van der Waals surface area contributed by atoms with Crippen molar-refractivity contribution >= 4 is 11.9 Å². The molecule has 0 saturated carbocycles. The molecule has 0 aliphatic carbocycles. The van der Waals surface area contributed by atoms with Crippen LogP contribution in [0.1, 0.15) is 25.8 Å². The fraction of sp³-hybridized carbons (Fsp3) is 0.467. The number of rotatable bonds is 4. The summed E-state index contributed by atoms with van der Waals surface area (Å²) in [5.74, 6) is 1.33. The van der Waals surface area contributed by atoms with Gasteiger partial charge in [-0.3, -0.25) is 10.1 Å². The Balaban J connectivity index is 2.06. The Labute approximate surface area is 114 Å². The van der Waals surface area contributed by atoms with Crippen LogP contribution in [0.15, 0.2) is 35.3 Å². The number of hydrogen-bond acceptors (Lipinski definition) is 2. The second kappa shape index (κ2) is 6.36. The lowest BCUT2D eigenvalue weighted by molar-refractivity contribution is -0.120. The predicted octanol–water partition coefficient (Wildman–Crippen LogP) is 2.02. The van der Waals surface area contributed by atoms with Crippen LogP contribution in [-0.4, -0.2) is 29.9 Å². The van der Waals surface area contributed by atoms with E-state index in [9.17, 15) is 4.79 Å². The van der Waals surface area contributed by atoms with Gasteiger partial charge in [0.15, 0.2) is 0 Å². The van der Waals surface area contributed by atoms with E-state index in [0.717, 1.165) is 18.7 Å². The maximum Gasteiger partial charge on any atom is 0.228 e. The highest BCUT2D eigenvalue weighted by Gasteiger charge is 2.21. The van der Waals surface area contributed by atoms with Crippen LogP contribution < -0.4 is 5.32 Å². The molecule has 102 valence electrons. The molecule has 1 aliphatic rings. The first-order valence-electron chi connectivity index (χ1n) is 6.78. The van der Waals surface area contributed by atoms with E-state index in [1.807, 2.05) is 30.3 Å². The zero-order valence-electron chi connectivity index (χ0n) is 11.6. The van der Waals surface area contributed by atoms with Crippen molar-refractivity contribution in [3.8, 4) is 0 Å². The van der Waals surface area contributed by atoms with Crippen LogP contribution >= 0.6 is 0 Å². The Hall–Kier alpha value is -1.84. The summed E-state index contributed by atoms with van der Waals surface area (Å²) < 4.78 is 0. The zero-order chi connectivity index (χ0) is 13.7. The van der Waals surface area contributed by atoms with E-state index in [1.165, 1.54) is 0 Å². The third-order valence-corrected chi connectivity index (χ3v) is 3.00. The van der Waals surface area contributed by atoms with Gasteiger partial charge in [-0.05, 0) is 11.5 Å². The van der Waals surface area contributed by atoms with Crippen molar-refractivity contribution in [2.75, 3.05) is 13.1 Å². The van der Waals surface area contributed by atoms with Crippen LogP contribution in [0.5, 0.6) is 0 Å². The van der Waals surface area contributed by atoms with Gasteiger partial charge in [-0.15, -0.1) is 0 Å². The average Bonchev–Trinajstić information content (AvgIpc) is 2.40. The third-order valence-electron chi connectivity index (χ3n) is 3.00. The van der Waals surface area contributed by atoms with Gasteiger partial charge in [0.1, 0.15) is 0 Å². The largest absolute Gasteiger partial charge is 0.342 e. The summed E-state index contributed by atoms with van der Waals surface area (Å²) >= 11 is 0. The number of carbonyl (C=O) groups excluding carboxylic acids is 1. The van der Waals surface area contributed by atoms with Gasteiger partial charge >= 0.3 is 0 Å². The fourth-order valence-corrected chi connectivity index (χ4v) is 2.12. The van der Waals surface area contributed by atoms with Gasteiger partial charge in [-0.1, -0.05) is 44.2 Å². The molecule has 4 heteroatoms. The van der Waals surface area contributed by atoms with Crippen LogP contribution in [-0.2, 0) is 11.3 Å². The van der Waals surface area contributed by atoms with Crippen molar-refractivity contribution in [3.05, 3.63) is 35.9 Å². The van der Waals surface area contributed by atoms with Crippen LogP contribution in [0.25, 0.3) is 0 Å². The van der Waals surface area contributed by atoms with Gasteiger partial charge < -0.3 is 4.90 Å². The van der Waals surface area contributed by atoms with Crippen LogP contribution in [0, 0.1) is 5.92 Å². The van der Waals surface area contributed by atoms with E-state index in [1.54, 1.807) is 0 Å². The van der Waals surface area contributed by atoms with Crippen molar-refractivity contribution in [2.24, 2.45) is 10.9 Å². The highest BCUT2D eigenvalue weighted by molar-refractivity contribution is 5.99. The Kier molecular flexibility index (Phi) is 4.55. The zero-order valence-corrected chi connectivity index (χ0v) is 11.6. The number of aliphatic imine (C=N–C) groups is 1. The molecule has 1 aromatic rings. The summed E-state index contributed by atoms with van der Waals surface area (Å²) in [5, 5.41) is 2.88. The Morgan fingerprint density at radius 1 is 1.32 bits per heavy atom. The van der Waals surface area contributed by atoms with Crippen molar-refractivity contribution in [2.45, 2.75) is 26.8 Å². The molecule has 19 heavy (non-hydrogen) atoms. The lowest BCUT2D eigenvalue weighted by Crippen LogP contribution is -2.51. The molecule has 1 saturated heterocycles. The standard InChI is InChI=1S/C15H21N3O/c1-12(2)11-18-9-8-14(19)17-15(18)16-10-13-6-4-3-5-7-13/h3-7,12H,8-11H2,1-2H3,(H,16,17,19). The number of guanidine groups is 1. The monoisotopic (exact) mass is 259 g/mol. The predicted molar refractivity (Wildman–Crippen MR) is 76.8 cm³/mol. The second-order valence-corrected chi connectivity index (χ2v) is 5.26. The van der Waals surface area contributed by atoms with E-state index in [2.05, 4.69) is 29.1 Å². The first kappa shape index (κ1) is 13.6. The second-order valence-electron chi connectivity index (χ2n) is 5.26. The normalized spacial score (nSPS) is 17.9. The highest BCUT2D eigenvalue weighted by atomic mass is 16.2. The fourth-order valence-electron chi connectivity index (χ4n) is 2.12. The van der Waals surface area contributed by atoms with Gasteiger partial charge in [0.25, 0.3) is 0 Å². The molecule has 1 amide bonds. The minimum atomic E-state index is 0.0619. The molecule has 0 atom stereocenters. The Morgan fingerprint density at radius 3 is 2.74 bits per heavy atom. The minimum Gasteiger partial charge on any atom is -0.342 e. The topological polar surface area (TPSA) is 44.7 Å². The summed E-state index contributed by atoms with van der Waals surface area (Å²) in [4.78, 5) is 18.2. The number of benzene rings is 1. The van der Waals surface area contributed by atoms with Gasteiger partial charge in [0.05, 0.1) is 6.54 Å². The van der Waals surface area contributed by atoms with Crippen LogP contribution in [0.3, 0.4) is 0 Å². The Morgan fingerprint density at radius 2 is 2.05 bits per heavy atom. The first-order valence-corrected chi connectivity index (χ1v) is 6.78. The molecule has 4 nitrogen and oxygen atoms in total. The molecule has 0 unspecified atom stereocenters. The molecule has 0 bridgehead atoms. The molecular weight excluding hydrogens is 238 g/mol. The summed E-state index contributed by atoms with van der Waals surface area (Å²) in [5.41, 5.74) is 1.15. The van der Waals surface area contributed by atoms with E-state index in [0.29, 0.717) is 24.8 Å². The maximum atomic E-state index is 11.5. The maximum absolute atomic E-state index is 11.5. The lowest BCUT2D eigenvalue weighted by atomic mass is 10.2. The van der Waals surface area contributed by atoms with Gasteiger partial charge in [0, 0.05) is 19.5 Å². The van der Waals surface area contributed by atoms with Crippen molar-refractivity contribution in [1.82, 2.24) is 10.2 Å². The van der Waals surface area contributed by atoms with Crippen LogP contribution in [0.2, 0.25) is 0 Å². The van der Waals surface area contributed by atoms with Gasteiger partial charge in [-0.25, -0.2) is 4.99 Å².